The van der Waals surface area contributed by atoms with Crippen molar-refractivity contribution in [1.29, 1.82) is 0 Å². The fraction of sp³-hybridized carbons (Fsp3) is 0.727. The van der Waals surface area contributed by atoms with Gasteiger partial charge in [-0.25, -0.2) is 0 Å². The van der Waals surface area contributed by atoms with Crippen molar-refractivity contribution in [2.75, 3.05) is 26.2 Å². The van der Waals surface area contributed by atoms with Crippen LogP contribution in [0.2, 0.25) is 0 Å². The number of piperazine rings is 1. The lowest BCUT2D eigenvalue weighted by Gasteiger charge is -2.58. The Morgan fingerprint density at radius 3 is 2.17 bits per heavy atom. The van der Waals surface area contributed by atoms with Crippen LogP contribution in [0.15, 0.2) is 24.3 Å². The summed E-state index contributed by atoms with van der Waals surface area (Å²) in [6.45, 7) is 8.47. The molecule has 0 N–H and O–H groups in total. The highest BCUT2D eigenvalue weighted by atomic mass is 15.3. The van der Waals surface area contributed by atoms with E-state index >= 15 is 0 Å². The van der Waals surface area contributed by atoms with Gasteiger partial charge in [0.25, 0.3) is 0 Å². The summed E-state index contributed by atoms with van der Waals surface area (Å²) >= 11 is 0. The lowest BCUT2D eigenvalue weighted by Crippen LogP contribution is -2.60. The summed E-state index contributed by atoms with van der Waals surface area (Å²) in [5, 5.41) is 0. The molecule has 0 atom stereocenters. The van der Waals surface area contributed by atoms with Crippen LogP contribution < -0.4 is 0 Å². The Kier molecular flexibility index (Phi) is 3.94. The van der Waals surface area contributed by atoms with Crippen LogP contribution in [-0.4, -0.2) is 42.0 Å². The van der Waals surface area contributed by atoms with Crippen LogP contribution in [0.3, 0.4) is 0 Å². The monoisotopic (exact) mass is 324 g/mol. The maximum atomic E-state index is 2.90. The number of aryl methyl sites for hydroxylation is 1. The van der Waals surface area contributed by atoms with E-state index in [1.165, 1.54) is 37.3 Å². The molecule has 4 saturated carbocycles. The first-order chi connectivity index (χ1) is 11.7. The Labute approximate surface area is 147 Å². The van der Waals surface area contributed by atoms with Gasteiger partial charge in [-0.3, -0.25) is 9.80 Å². The molecule has 1 heterocycles. The van der Waals surface area contributed by atoms with Crippen LogP contribution in [0.25, 0.3) is 0 Å². The summed E-state index contributed by atoms with van der Waals surface area (Å²) in [6.07, 6.45) is 7.80. The molecule has 1 aliphatic heterocycles. The van der Waals surface area contributed by atoms with E-state index in [0.29, 0.717) is 0 Å². The largest absolute Gasteiger partial charge is 0.297 e. The van der Waals surface area contributed by atoms with Crippen molar-refractivity contribution in [1.82, 2.24) is 9.80 Å². The fourth-order valence-electron chi connectivity index (χ4n) is 6.78. The van der Waals surface area contributed by atoms with Gasteiger partial charge in [-0.05, 0) is 68.3 Å². The molecule has 24 heavy (non-hydrogen) atoms. The van der Waals surface area contributed by atoms with E-state index in [2.05, 4.69) is 41.0 Å². The Bertz CT molecular complexity index is 559. The molecule has 1 saturated heterocycles. The SMILES string of the molecule is Cc1cccc(CN2CCN(C3C4CC5CC(C4)CC3C5)CC2)c1. The van der Waals surface area contributed by atoms with Crippen molar-refractivity contribution < 1.29 is 0 Å². The molecule has 4 bridgehead atoms. The molecule has 5 fully saturated rings. The molecular weight excluding hydrogens is 292 g/mol. The molecule has 0 unspecified atom stereocenters. The Morgan fingerprint density at radius 1 is 0.875 bits per heavy atom. The number of rotatable bonds is 3. The van der Waals surface area contributed by atoms with E-state index in [1.54, 1.807) is 32.1 Å². The van der Waals surface area contributed by atoms with E-state index in [4.69, 9.17) is 0 Å². The zero-order valence-corrected chi connectivity index (χ0v) is 15.2. The molecule has 2 heteroatoms. The van der Waals surface area contributed by atoms with E-state index < -0.39 is 0 Å². The van der Waals surface area contributed by atoms with Gasteiger partial charge in [-0.2, -0.15) is 0 Å². The van der Waals surface area contributed by atoms with Gasteiger partial charge in [0.1, 0.15) is 0 Å². The van der Waals surface area contributed by atoms with E-state index in [9.17, 15) is 0 Å². The topological polar surface area (TPSA) is 6.48 Å². The Morgan fingerprint density at radius 2 is 1.54 bits per heavy atom. The molecule has 6 rings (SSSR count). The third-order valence-electron chi connectivity index (χ3n) is 7.49. The zero-order chi connectivity index (χ0) is 16.1. The fourth-order valence-corrected chi connectivity index (χ4v) is 6.78. The molecule has 4 aliphatic carbocycles. The van der Waals surface area contributed by atoms with Crippen LogP contribution in [0, 0.1) is 30.6 Å². The van der Waals surface area contributed by atoms with Crippen LogP contribution in [0.4, 0.5) is 0 Å². The summed E-state index contributed by atoms with van der Waals surface area (Å²) in [4.78, 5) is 5.57. The standard InChI is InChI=1S/C22H32N2/c1-16-3-2-4-17(9-16)15-23-5-7-24(8-6-23)22-20-11-18-10-19(13-20)14-21(22)12-18/h2-4,9,18-22H,5-8,10-15H2,1H3. The van der Waals surface area contributed by atoms with E-state index in [1.807, 2.05) is 0 Å². The van der Waals surface area contributed by atoms with Crippen LogP contribution in [0.1, 0.15) is 43.2 Å². The first kappa shape index (κ1) is 15.4. The molecule has 130 valence electrons. The molecule has 2 nitrogen and oxygen atoms in total. The van der Waals surface area contributed by atoms with Gasteiger partial charge in [0.15, 0.2) is 0 Å². The van der Waals surface area contributed by atoms with Gasteiger partial charge in [0, 0.05) is 38.8 Å². The van der Waals surface area contributed by atoms with Gasteiger partial charge in [0.05, 0.1) is 0 Å². The van der Waals surface area contributed by atoms with Gasteiger partial charge < -0.3 is 0 Å². The van der Waals surface area contributed by atoms with Crippen LogP contribution in [-0.2, 0) is 6.54 Å². The average Bonchev–Trinajstić information content (AvgIpc) is 2.55. The number of hydrogen-bond donors (Lipinski definition) is 0. The first-order valence-corrected chi connectivity index (χ1v) is 10.3. The third-order valence-corrected chi connectivity index (χ3v) is 7.49. The highest BCUT2D eigenvalue weighted by molar-refractivity contribution is 5.22. The summed E-state index contributed by atoms with van der Waals surface area (Å²) in [5.41, 5.74) is 2.87. The minimum atomic E-state index is 0.943. The highest BCUT2D eigenvalue weighted by Gasteiger charge is 2.50. The van der Waals surface area contributed by atoms with Crippen molar-refractivity contribution in [3.63, 3.8) is 0 Å². The lowest BCUT2D eigenvalue weighted by molar-refractivity contribution is -0.0769. The van der Waals surface area contributed by atoms with Crippen molar-refractivity contribution in [3.05, 3.63) is 35.4 Å². The molecule has 1 aromatic rings. The van der Waals surface area contributed by atoms with Crippen molar-refractivity contribution in [2.24, 2.45) is 23.7 Å². The smallest absolute Gasteiger partial charge is 0.0234 e. The van der Waals surface area contributed by atoms with Crippen molar-refractivity contribution in [2.45, 2.75) is 51.6 Å². The van der Waals surface area contributed by atoms with Gasteiger partial charge in [0.2, 0.25) is 0 Å². The predicted octanol–water partition coefficient (Wildman–Crippen LogP) is 3.94. The molecule has 0 radical (unpaired) electrons. The van der Waals surface area contributed by atoms with Crippen LogP contribution in [0.5, 0.6) is 0 Å². The Balaban J connectivity index is 1.20. The van der Waals surface area contributed by atoms with Gasteiger partial charge in [-0.15, -0.1) is 0 Å². The molecule has 1 aromatic carbocycles. The number of nitrogens with zero attached hydrogens (tertiary/aromatic N) is 2. The number of benzene rings is 1. The average molecular weight is 325 g/mol. The quantitative estimate of drug-likeness (QED) is 0.831. The summed E-state index contributed by atoms with van der Waals surface area (Å²) < 4.78 is 0. The maximum Gasteiger partial charge on any atom is 0.0234 e. The normalized spacial score (nSPS) is 39.5. The van der Waals surface area contributed by atoms with E-state index in [0.717, 1.165) is 36.3 Å². The minimum absolute atomic E-state index is 0.943. The minimum Gasteiger partial charge on any atom is -0.297 e. The summed E-state index contributed by atoms with van der Waals surface area (Å²) in [5.74, 6) is 4.30. The molecule has 0 spiro atoms. The second-order valence-corrected chi connectivity index (χ2v) is 9.22. The second kappa shape index (κ2) is 6.14. The highest BCUT2D eigenvalue weighted by Crippen LogP contribution is 2.55. The molecular formula is C22H32N2. The maximum absolute atomic E-state index is 2.90. The summed E-state index contributed by atoms with van der Waals surface area (Å²) in [7, 11) is 0. The van der Waals surface area contributed by atoms with Crippen molar-refractivity contribution >= 4 is 0 Å². The molecule has 5 aliphatic rings. The lowest BCUT2D eigenvalue weighted by atomic mass is 9.54. The molecule has 0 aromatic heterocycles. The number of hydrogen-bond acceptors (Lipinski definition) is 2. The predicted molar refractivity (Wildman–Crippen MR) is 98.9 cm³/mol. The van der Waals surface area contributed by atoms with Crippen molar-refractivity contribution in [3.8, 4) is 0 Å². The molecule has 0 amide bonds. The third kappa shape index (κ3) is 2.82. The second-order valence-electron chi connectivity index (χ2n) is 9.22. The van der Waals surface area contributed by atoms with Gasteiger partial charge >= 0.3 is 0 Å². The Hall–Kier alpha value is -0.860. The first-order valence-electron chi connectivity index (χ1n) is 10.3. The van der Waals surface area contributed by atoms with E-state index in [-0.39, 0.29) is 0 Å². The summed E-state index contributed by atoms with van der Waals surface area (Å²) in [6, 6.07) is 9.99. The van der Waals surface area contributed by atoms with Crippen LogP contribution >= 0.6 is 0 Å². The van der Waals surface area contributed by atoms with Gasteiger partial charge in [-0.1, -0.05) is 29.8 Å². The zero-order valence-electron chi connectivity index (χ0n) is 15.2.